The highest BCUT2D eigenvalue weighted by Crippen LogP contribution is 2.27. The Labute approximate surface area is 178 Å². The summed E-state index contributed by atoms with van der Waals surface area (Å²) in [5.74, 6) is 1.14. The summed E-state index contributed by atoms with van der Waals surface area (Å²) in [4.78, 5) is 31.9. The molecule has 3 fully saturated rings. The van der Waals surface area contributed by atoms with Gasteiger partial charge < -0.3 is 19.3 Å². The van der Waals surface area contributed by atoms with Gasteiger partial charge in [-0.3, -0.25) is 14.5 Å². The van der Waals surface area contributed by atoms with Gasteiger partial charge in [-0.15, -0.1) is 0 Å². The minimum absolute atomic E-state index is 0.00294. The maximum absolute atomic E-state index is 12.9. The van der Waals surface area contributed by atoms with E-state index in [1.54, 1.807) is 0 Å². The van der Waals surface area contributed by atoms with Crippen molar-refractivity contribution < 1.29 is 19.1 Å². The zero-order valence-electron chi connectivity index (χ0n) is 17.7. The van der Waals surface area contributed by atoms with Gasteiger partial charge in [0.05, 0.1) is 19.8 Å². The van der Waals surface area contributed by atoms with Gasteiger partial charge in [-0.05, 0) is 38.1 Å². The summed E-state index contributed by atoms with van der Waals surface area (Å²) in [6.07, 6.45) is 3.45. The molecule has 3 aliphatic rings. The molecule has 0 radical (unpaired) electrons. The summed E-state index contributed by atoms with van der Waals surface area (Å²) in [6, 6.07) is 9.78. The molecule has 0 bridgehead atoms. The van der Waals surface area contributed by atoms with Crippen LogP contribution in [0.2, 0.25) is 0 Å². The standard InChI is InChI=1S/C23H33N3O4/c27-22(25-12-14-29-15-13-25)16-19-17-26(23(28)18-24-9-4-5-10-24)11-8-21(19)30-20-6-2-1-3-7-20/h1-3,6-7,19,21H,4-5,8-18H2/t19-,21-/m0/s1. The molecule has 1 aromatic carbocycles. The Morgan fingerprint density at radius 1 is 0.933 bits per heavy atom. The molecule has 3 saturated heterocycles. The van der Waals surface area contributed by atoms with Crippen LogP contribution >= 0.6 is 0 Å². The lowest BCUT2D eigenvalue weighted by atomic mass is 9.90. The zero-order valence-corrected chi connectivity index (χ0v) is 17.7. The van der Waals surface area contributed by atoms with Crippen LogP contribution in [0.25, 0.3) is 0 Å². The van der Waals surface area contributed by atoms with Crippen molar-refractivity contribution >= 4 is 11.8 Å². The van der Waals surface area contributed by atoms with Crippen LogP contribution in [0.3, 0.4) is 0 Å². The molecule has 2 amide bonds. The normalized spacial score (nSPS) is 25.3. The summed E-state index contributed by atoms with van der Waals surface area (Å²) < 4.78 is 11.6. The summed E-state index contributed by atoms with van der Waals surface area (Å²) in [6.45, 7) is 6.28. The predicted octanol–water partition coefficient (Wildman–Crippen LogP) is 1.63. The van der Waals surface area contributed by atoms with E-state index >= 15 is 0 Å². The van der Waals surface area contributed by atoms with Gasteiger partial charge in [-0.2, -0.15) is 0 Å². The summed E-state index contributed by atoms with van der Waals surface area (Å²) in [5, 5.41) is 0. The van der Waals surface area contributed by atoms with Crippen LogP contribution in [0.5, 0.6) is 5.75 Å². The van der Waals surface area contributed by atoms with Crippen LogP contribution in [-0.4, -0.2) is 91.6 Å². The van der Waals surface area contributed by atoms with Crippen molar-refractivity contribution in [3.8, 4) is 5.75 Å². The van der Waals surface area contributed by atoms with Gasteiger partial charge in [0.1, 0.15) is 11.9 Å². The van der Waals surface area contributed by atoms with Crippen LogP contribution in [0.15, 0.2) is 30.3 Å². The fourth-order valence-corrected chi connectivity index (χ4v) is 4.66. The molecule has 0 saturated carbocycles. The second kappa shape index (κ2) is 10.3. The van der Waals surface area contributed by atoms with Crippen molar-refractivity contribution in [3.05, 3.63) is 30.3 Å². The number of para-hydroxylation sites is 1. The molecule has 3 heterocycles. The van der Waals surface area contributed by atoms with Crippen molar-refractivity contribution in [3.63, 3.8) is 0 Å². The van der Waals surface area contributed by atoms with E-state index in [-0.39, 0.29) is 23.8 Å². The number of rotatable bonds is 6. The molecule has 164 valence electrons. The molecule has 7 heteroatoms. The van der Waals surface area contributed by atoms with Gasteiger partial charge >= 0.3 is 0 Å². The fourth-order valence-electron chi connectivity index (χ4n) is 4.66. The first kappa shape index (κ1) is 21.1. The number of benzene rings is 1. The number of carbonyl (C=O) groups is 2. The number of morpholine rings is 1. The van der Waals surface area contributed by atoms with Gasteiger partial charge in [0, 0.05) is 44.9 Å². The van der Waals surface area contributed by atoms with Crippen LogP contribution in [-0.2, 0) is 14.3 Å². The van der Waals surface area contributed by atoms with E-state index in [1.165, 1.54) is 12.8 Å². The van der Waals surface area contributed by atoms with Crippen LogP contribution < -0.4 is 4.74 Å². The van der Waals surface area contributed by atoms with E-state index in [0.717, 1.165) is 25.3 Å². The van der Waals surface area contributed by atoms with Crippen LogP contribution in [0, 0.1) is 5.92 Å². The van der Waals surface area contributed by atoms with E-state index in [2.05, 4.69) is 4.90 Å². The second-order valence-corrected chi connectivity index (χ2v) is 8.54. The third-order valence-corrected chi connectivity index (χ3v) is 6.41. The molecule has 7 nitrogen and oxygen atoms in total. The number of ether oxygens (including phenoxy) is 2. The largest absolute Gasteiger partial charge is 0.490 e. The Balaban J connectivity index is 1.40. The number of hydrogen-bond acceptors (Lipinski definition) is 5. The first-order valence-electron chi connectivity index (χ1n) is 11.3. The van der Waals surface area contributed by atoms with Gasteiger partial charge in [0.25, 0.3) is 0 Å². The monoisotopic (exact) mass is 415 g/mol. The lowest BCUT2D eigenvalue weighted by molar-refractivity contribution is -0.141. The number of amides is 2. The minimum Gasteiger partial charge on any atom is -0.490 e. The fraction of sp³-hybridized carbons (Fsp3) is 0.652. The maximum Gasteiger partial charge on any atom is 0.236 e. The van der Waals surface area contributed by atoms with Crippen LogP contribution in [0.1, 0.15) is 25.7 Å². The Bertz CT molecular complexity index is 702. The number of likely N-dealkylation sites (tertiary alicyclic amines) is 2. The molecule has 0 unspecified atom stereocenters. The average molecular weight is 416 g/mol. The summed E-state index contributed by atoms with van der Waals surface area (Å²) >= 11 is 0. The van der Waals surface area contributed by atoms with Crippen molar-refractivity contribution in [2.45, 2.75) is 31.8 Å². The molecule has 0 spiro atoms. The smallest absolute Gasteiger partial charge is 0.236 e. The Morgan fingerprint density at radius 3 is 2.40 bits per heavy atom. The summed E-state index contributed by atoms with van der Waals surface area (Å²) in [7, 11) is 0. The number of piperidine rings is 1. The average Bonchev–Trinajstić information content (AvgIpc) is 3.29. The molecule has 3 aliphatic heterocycles. The summed E-state index contributed by atoms with van der Waals surface area (Å²) in [5.41, 5.74) is 0. The molecule has 1 aromatic rings. The van der Waals surface area contributed by atoms with Gasteiger partial charge in [0.15, 0.2) is 0 Å². The van der Waals surface area contributed by atoms with Crippen molar-refractivity contribution in [1.29, 1.82) is 0 Å². The Hall–Kier alpha value is -2.12. The molecule has 2 atom stereocenters. The number of carbonyl (C=O) groups excluding carboxylic acids is 2. The van der Waals surface area contributed by atoms with Crippen molar-refractivity contribution in [2.24, 2.45) is 5.92 Å². The molecule has 4 rings (SSSR count). The van der Waals surface area contributed by atoms with Crippen LogP contribution in [0.4, 0.5) is 0 Å². The number of nitrogens with zero attached hydrogens (tertiary/aromatic N) is 3. The van der Waals surface area contributed by atoms with Gasteiger partial charge in [0.2, 0.25) is 11.8 Å². The highest BCUT2D eigenvalue weighted by Gasteiger charge is 2.36. The first-order chi connectivity index (χ1) is 14.7. The minimum atomic E-state index is -0.0618. The van der Waals surface area contributed by atoms with Gasteiger partial charge in [-0.25, -0.2) is 0 Å². The van der Waals surface area contributed by atoms with E-state index in [9.17, 15) is 9.59 Å². The van der Waals surface area contributed by atoms with E-state index in [0.29, 0.717) is 52.4 Å². The molecule has 0 N–H and O–H groups in total. The quantitative estimate of drug-likeness (QED) is 0.707. The molecular formula is C23H33N3O4. The van der Waals surface area contributed by atoms with Crippen molar-refractivity contribution in [2.75, 3.05) is 59.0 Å². The zero-order chi connectivity index (χ0) is 20.8. The Kier molecular flexibility index (Phi) is 7.23. The lowest BCUT2D eigenvalue weighted by Gasteiger charge is -2.39. The molecule has 30 heavy (non-hydrogen) atoms. The maximum atomic E-state index is 12.9. The van der Waals surface area contributed by atoms with E-state index in [4.69, 9.17) is 9.47 Å². The Morgan fingerprint density at radius 2 is 1.67 bits per heavy atom. The predicted molar refractivity (Wildman–Crippen MR) is 113 cm³/mol. The first-order valence-corrected chi connectivity index (χ1v) is 11.3. The van der Waals surface area contributed by atoms with Crippen molar-refractivity contribution in [1.82, 2.24) is 14.7 Å². The SMILES string of the molecule is O=C(C[C@H]1CN(C(=O)CN2CCCC2)CC[C@@H]1Oc1ccccc1)N1CCOCC1. The molecular weight excluding hydrogens is 382 g/mol. The second-order valence-electron chi connectivity index (χ2n) is 8.54. The molecule has 0 aliphatic carbocycles. The third-order valence-electron chi connectivity index (χ3n) is 6.41. The number of hydrogen-bond donors (Lipinski definition) is 0. The highest BCUT2D eigenvalue weighted by atomic mass is 16.5. The lowest BCUT2D eigenvalue weighted by Crippen LogP contribution is -2.52. The van der Waals surface area contributed by atoms with Gasteiger partial charge in [-0.1, -0.05) is 18.2 Å². The van der Waals surface area contributed by atoms with E-state index in [1.807, 2.05) is 40.1 Å². The third kappa shape index (κ3) is 5.52. The molecule has 0 aromatic heterocycles. The highest BCUT2D eigenvalue weighted by molar-refractivity contribution is 5.79. The topological polar surface area (TPSA) is 62.3 Å². The van der Waals surface area contributed by atoms with E-state index < -0.39 is 0 Å².